The minimum atomic E-state index is -0.0340. The van der Waals surface area contributed by atoms with E-state index in [-0.39, 0.29) is 49.8 Å². The fraction of sp³-hybridized carbons (Fsp3) is 0.954. The number of hydrogen-bond donors (Lipinski definition) is 3. The van der Waals surface area contributed by atoms with Gasteiger partial charge in [0.15, 0.2) is 0 Å². The second-order valence-electron chi connectivity index (χ2n) is 45.5. The first kappa shape index (κ1) is 150. The van der Waals surface area contributed by atoms with Crippen LogP contribution in [0.5, 0.6) is 0 Å². The van der Waals surface area contributed by atoms with Crippen LogP contribution in [0.4, 0.5) is 0 Å². The van der Waals surface area contributed by atoms with Gasteiger partial charge in [-0.3, -0.25) is 28.8 Å². The summed E-state index contributed by atoms with van der Waals surface area (Å²) in [5, 5.41) is 28.6. The average molecular weight is 2110 g/mol. The number of nitrogens with zero attached hydrogens (tertiary/aromatic N) is 5. The fourth-order valence-electron chi connectivity index (χ4n) is 20.7. The molecule has 0 aliphatic carbocycles. The molecule has 0 aliphatic heterocycles. The highest BCUT2D eigenvalue weighted by Gasteiger charge is 2.20. The number of aliphatic hydroxyl groups excluding tert-OH is 3. The van der Waals surface area contributed by atoms with Gasteiger partial charge >= 0.3 is 23.9 Å². The summed E-state index contributed by atoms with van der Waals surface area (Å²) in [7, 11) is 1.96. The molecule has 0 rings (SSSR count). The largest absolute Gasteiger partial charge is 0.466 e. The van der Waals surface area contributed by atoms with Gasteiger partial charge in [-0.2, -0.15) is 0 Å². The molecule has 3 N–H and O–H groups in total. The fourth-order valence-corrected chi connectivity index (χ4v) is 20.7. The SMILES string of the molecule is CCCCCCCCC(CCCCCCCC)OC(=O)CCCCCCCN(CCO)CCCCCCCC(=O)N(C)CCCCCCCC.CCCCCCCCCOC(=O)CCCCCCCN(CCO)CCCCCCC(=O)OCC(CCCCCCCC)CCCCCCCC.CCCCCCCCCOC(=O)CCCCCCCN(CCO)CCCCCCCC(=O)N(CCCCCCCC)CCCCCCCC. The third-order valence-electron chi connectivity index (χ3n) is 30.8. The number of unbranched alkanes of at least 4 members (excludes halogenated alkanes) is 70. The molecule has 18 nitrogen and oxygen atoms in total. The molecule has 0 aromatic carbocycles. The molecule has 0 saturated heterocycles. The van der Waals surface area contributed by atoms with Crippen LogP contribution in [0.1, 0.15) is 672 Å². The lowest BCUT2D eigenvalue weighted by Crippen LogP contribution is -2.32. The van der Waals surface area contributed by atoms with Gasteiger partial charge < -0.3 is 58.8 Å². The summed E-state index contributed by atoms with van der Waals surface area (Å²) >= 11 is 0. The van der Waals surface area contributed by atoms with Crippen LogP contribution in [0.25, 0.3) is 0 Å². The van der Waals surface area contributed by atoms with E-state index in [0.29, 0.717) is 76.1 Å². The number of hydrogen-bond acceptors (Lipinski definition) is 16. The van der Waals surface area contributed by atoms with E-state index in [1.807, 2.05) is 11.9 Å². The third-order valence-corrected chi connectivity index (χ3v) is 30.8. The Labute approximate surface area is 927 Å². The van der Waals surface area contributed by atoms with E-state index in [9.17, 15) is 44.1 Å². The van der Waals surface area contributed by atoms with E-state index < -0.39 is 0 Å². The summed E-state index contributed by atoms with van der Waals surface area (Å²) in [6, 6.07) is 0. The van der Waals surface area contributed by atoms with Gasteiger partial charge in [-0.15, -0.1) is 0 Å². The Bertz CT molecular complexity index is 2610. The van der Waals surface area contributed by atoms with Crippen molar-refractivity contribution < 1.29 is 63.0 Å². The summed E-state index contributed by atoms with van der Waals surface area (Å²) in [5.41, 5.74) is 0. The van der Waals surface area contributed by atoms with Gasteiger partial charge in [-0.1, -0.05) is 486 Å². The summed E-state index contributed by atoms with van der Waals surface area (Å²) in [5.74, 6) is 1.16. The van der Waals surface area contributed by atoms with Crippen LogP contribution in [-0.2, 0) is 47.7 Å². The summed E-state index contributed by atoms with van der Waals surface area (Å²) < 4.78 is 22.6. The van der Waals surface area contributed by atoms with Crippen LogP contribution in [0.3, 0.4) is 0 Å². The smallest absolute Gasteiger partial charge is 0.306 e. The van der Waals surface area contributed by atoms with Crippen molar-refractivity contribution in [2.75, 3.05) is 125 Å². The van der Waals surface area contributed by atoms with Gasteiger partial charge in [-0.05, 0) is 193 Å². The van der Waals surface area contributed by atoms with E-state index in [0.717, 1.165) is 271 Å². The second kappa shape index (κ2) is 128. The van der Waals surface area contributed by atoms with Crippen molar-refractivity contribution in [3.05, 3.63) is 0 Å². The molecule has 0 unspecified atom stereocenters. The Morgan fingerprint density at radius 1 is 0.195 bits per heavy atom. The van der Waals surface area contributed by atoms with Crippen LogP contribution in [-0.4, -0.2) is 207 Å². The molecule has 0 heterocycles. The average Bonchev–Trinajstić information content (AvgIpc) is 0.922. The molecule has 0 aromatic heterocycles. The van der Waals surface area contributed by atoms with Gasteiger partial charge in [0.2, 0.25) is 11.8 Å². The van der Waals surface area contributed by atoms with Crippen LogP contribution < -0.4 is 0 Å². The third kappa shape index (κ3) is 118. The molecule has 0 aromatic rings. The molecule has 0 saturated carbocycles. The van der Waals surface area contributed by atoms with Gasteiger partial charge in [0.1, 0.15) is 6.10 Å². The Morgan fingerprint density at radius 3 is 0.664 bits per heavy atom. The first-order valence-electron chi connectivity index (χ1n) is 66.3. The normalized spacial score (nSPS) is 11.5. The monoisotopic (exact) mass is 2110 g/mol. The summed E-state index contributed by atoms with van der Waals surface area (Å²) in [6.07, 6.45) is 112. The van der Waals surface area contributed by atoms with Gasteiger partial charge in [0, 0.05) is 84.8 Å². The molecule has 149 heavy (non-hydrogen) atoms. The molecule has 888 valence electrons. The Balaban J connectivity index is -0.00000215. The van der Waals surface area contributed by atoms with Crippen molar-refractivity contribution in [3.8, 4) is 0 Å². The Kier molecular flexibility index (Phi) is 129. The quantitative estimate of drug-likeness (QED) is 0.0293. The second-order valence-corrected chi connectivity index (χ2v) is 45.5. The topological polar surface area (TPSA) is 216 Å². The molecule has 0 aliphatic rings. The number of carbonyl (C=O) groups is 6. The number of esters is 4. The molecule has 18 heteroatoms. The van der Waals surface area contributed by atoms with E-state index in [1.54, 1.807) is 0 Å². The maximum Gasteiger partial charge on any atom is 0.306 e. The Hall–Kier alpha value is -3.42. The first-order valence-corrected chi connectivity index (χ1v) is 66.3. The highest BCUT2D eigenvalue weighted by molar-refractivity contribution is 5.76. The van der Waals surface area contributed by atoms with Gasteiger partial charge in [0.25, 0.3) is 0 Å². The van der Waals surface area contributed by atoms with E-state index in [2.05, 4.69) is 81.9 Å². The zero-order valence-corrected chi connectivity index (χ0v) is 102. The lowest BCUT2D eigenvalue weighted by Gasteiger charge is -2.23. The molecule has 0 atom stereocenters. The number of ether oxygens (including phenoxy) is 4. The highest BCUT2D eigenvalue weighted by atomic mass is 16.5. The van der Waals surface area contributed by atoms with Crippen molar-refractivity contribution in [1.29, 1.82) is 0 Å². The number of amides is 2. The van der Waals surface area contributed by atoms with E-state index in [1.165, 1.54) is 379 Å². The van der Waals surface area contributed by atoms with Crippen LogP contribution in [0.15, 0.2) is 0 Å². The maximum absolute atomic E-state index is 13.1. The van der Waals surface area contributed by atoms with Gasteiger partial charge in [-0.25, -0.2) is 0 Å². The lowest BCUT2D eigenvalue weighted by atomic mass is 9.94. The standard InChI is InChI=1S/C44H88N2O4.C44H87NO5.C43H86N2O4/c1-5-8-11-14-19-26-33-42(34-27-20-15-12-9-6-2)50-44(49)36-29-22-18-25-32-39-46(40-41-47)38-31-24-17-21-28-35-43(48)45(4)37-30-23-16-13-10-7-3;1-4-7-10-13-16-24-31-40-49-43(47)34-27-20-17-22-29-36-45(38-39-46)37-30-23-21-28-35-44(48)50-41-42(32-25-18-14-11-8-5-2)33-26-19-15-12-9-6-3;1-4-7-10-13-16-25-32-41-49-43(48)34-27-20-18-22-29-36-44(39-40-46)35-28-21-17-19-26-33-42(47)45(37-30-23-14-11-8-5-2)38-31-24-15-12-9-6-3/h42,47H,5-41H2,1-4H3;42,46H,4-41H2,1-3H3;46H,4-41H2,1-3H3. The molecule has 0 bridgehead atoms. The molecule has 0 fully saturated rings. The number of aliphatic hydroxyl groups is 3. The Morgan fingerprint density at radius 2 is 0.396 bits per heavy atom. The molecule has 0 radical (unpaired) electrons. The van der Waals surface area contributed by atoms with Crippen LogP contribution >= 0.6 is 0 Å². The molecular weight excluding hydrogens is 1850 g/mol. The minimum Gasteiger partial charge on any atom is -0.466 e. The maximum atomic E-state index is 13.1. The zero-order valence-electron chi connectivity index (χ0n) is 102. The number of carbonyl (C=O) groups excluding carboxylic acids is 6. The number of rotatable bonds is 121. The van der Waals surface area contributed by atoms with E-state index >= 15 is 0 Å². The van der Waals surface area contributed by atoms with Crippen LogP contribution in [0, 0.1) is 5.92 Å². The summed E-state index contributed by atoms with van der Waals surface area (Å²) in [4.78, 5) is 86.0. The van der Waals surface area contributed by atoms with Crippen molar-refractivity contribution in [2.24, 2.45) is 5.92 Å². The minimum absolute atomic E-state index is 0.0109. The molecule has 2 amide bonds. The van der Waals surface area contributed by atoms with Gasteiger partial charge in [0.05, 0.1) is 39.6 Å². The van der Waals surface area contributed by atoms with Crippen molar-refractivity contribution in [3.63, 3.8) is 0 Å². The van der Waals surface area contributed by atoms with E-state index in [4.69, 9.17) is 18.9 Å². The zero-order chi connectivity index (χ0) is 109. The van der Waals surface area contributed by atoms with Crippen LogP contribution in [0.2, 0.25) is 0 Å². The first-order chi connectivity index (χ1) is 73.1. The predicted molar refractivity (Wildman–Crippen MR) is 641 cm³/mol. The lowest BCUT2D eigenvalue weighted by molar-refractivity contribution is -0.150. The molecule has 0 spiro atoms. The van der Waals surface area contributed by atoms with Crippen molar-refractivity contribution >= 4 is 35.7 Å². The van der Waals surface area contributed by atoms with Crippen molar-refractivity contribution in [1.82, 2.24) is 24.5 Å². The molecular formula is C131H261N5O13. The predicted octanol–water partition coefficient (Wildman–Crippen LogP) is 36.5. The summed E-state index contributed by atoms with van der Waals surface area (Å²) in [6.45, 7) is 34.0. The highest BCUT2D eigenvalue weighted by Crippen LogP contribution is 2.25. The van der Waals surface area contributed by atoms with Crippen molar-refractivity contribution in [2.45, 2.75) is 678 Å².